The van der Waals surface area contributed by atoms with Gasteiger partial charge in [-0.05, 0) is 18.6 Å². The number of nitrogens with zero attached hydrogens (tertiary/aromatic N) is 5. The number of para-hydroxylation sites is 1. The third-order valence-electron chi connectivity index (χ3n) is 4.62. The lowest BCUT2D eigenvalue weighted by Gasteiger charge is -2.34. The van der Waals surface area contributed by atoms with E-state index < -0.39 is 0 Å². The molecule has 6 nitrogen and oxygen atoms in total. The van der Waals surface area contributed by atoms with Crippen molar-refractivity contribution in [3.05, 3.63) is 42.6 Å². The quantitative estimate of drug-likeness (QED) is 0.791. The molecule has 1 N–H and O–H groups in total. The van der Waals surface area contributed by atoms with Crippen LogP contribution in [0.3, 0.4) is 0 Å². The van der Waals surface area contributed by atoms with Crippen molar-refractivity contribution in [1.29, 1.82) is 0 Å². The van der Waals surface area contributed by atoms with E-state index in [-0.39, 0.29) is 5.82 Å². The third kappa shape index (κ3) is 2.95. The molecule has 0 aliphatic carbocycles. The maximum Gasteiger partial charge on any atom is 0.168 e. The van der Waals surface area contributed by atoms with E-state index in [2.05, 4.69) is 32.2 Å². The van der Waals surface area contributed by atoms with Gasteiger partial charge in [-0.1, -0.05) is 25.5 Å². The van der Waals surface area contributed by atoms with Crippen molar-refractivity contribution in [3.8, 4) is 5.69 Å². The monoisotopic (exact) mass is 340 g/mol. The first kappa shape index (κ1) is 16.0. The minimum atomic E-state index is -0.321. The molecule has 1 aliphatic heterocycles. The van der Waals surface area contributed by atoms with Crippen molar-refractivity contribution in [2.24, 2.45) is 0 Å². The van der Waals surface area contributed by atoms with Crippen LogP contribution in [0.5, 0.6) is 0 Å². The van der Waals surface area contributed by atoms with Crippen LogP contribution in [0.2, 0.25) is 0 Å². The van der Waals surface area contributed by atoms with Crippen LogP contribution in [-0.2, 0) is 0 Å². The Bertz CT molecular complexity index is 875. The number of anilines is 1. The predicted molar refractivity (Wildman–Crippen MR) is 95.5 cm³/mol. The maximum atomic E-state index is 14.1. The van der Waals surface area contributed by atoms with Gasteiger partial charge >= 0.3 is 0 Å². The van der Waals surface area contributed by atoms with Crippen molar-refractivity contribution >= 4 is 16.9 Å². The average molecular weight is 340 g/mol. The Kier molecular flexibility index (Phi) is 4.31. The summed E-state index contributed by atoms with van der Waals surface area (Å²) in [5.74, 6) is 0.549. The lowest BCUT2D eigenvalue weighted by atomic mass is 10.1. The fourth-order valence-corrected chi connectivity index (χ4v) is 3.44. The topological polar surface area (TPSA) is 58.9 Å². The number of aromatic nitrogens is 4. The molecule has 7 heteroatoms. The van der Waals surface area contributed by atoms with E-state index in [0.29, 0.717) is 17.4 Å². The summed E-state index contributed by atoms with van der Waals surface area (Å²) in [5, 5.41) is 8.77. The van der Waals surface area contributed by atoms with Crippen LogP contribution in [0.15, 0.2) is 36.8 Å². The highest BCUT2D eigenvalue weighted by Gasteiger charge is 2.23. The lowest BCUT2D eigenvalue weighted by Crippen LogP contribution is -2.51. The van der Waals surface area contributed by atoms with Gasteiger partial charge in [-0.2, -0.15) is 5.10 Å². The molecule has 130 valence electrons. The van der Waals surface area contributed by atoms with E-state index in [1.54, 1.807) is 29.1 Å². The zero-order valence-corrected chi connectivity index (χ0v) is 14.2. The summed E-state index contributed by atoms with van der Waals surface area (Å²) in [7, 11) is 0. The minimum absolute atomic E-state index is 0.321. The Balaban J connectivity index is 1.73. The van der Waals surface area contributed by atoms with Crippen molar-refractivity contribution in [1.82, 2.24) is 25.1 Å². The second kappa shape index (κ2) is 6.76. The van der Waals surface area contributed by atoms with Crippen LogP contribution in [0.4, 0.5) is 10.2 Å². The summed E-state index contributed by atoms with van der Waals surface area (Å²) in [5.41, 5.74) is 1.02. The highest BCUT2D eigenvalue weighted by atomic mass is 19.1. The maximum absolute atomic E-state index is 14.1. The van der Waals surface area contributed by atoms with Gasteiger partial charge < -0.3 is 10.2 Å². The minimum Gasteiger partial charge on any atom is -0.353 e. The molecular weight excluding hydrogens is 319 g/mol. The molecule has 0 amide bonds. The number of hydrogen-bond acceptors (Lipinski definition) is 5. The number of rotatable bonds is 4. The number of benzene rings is 1. The van der Waals surface area contributed by atoms with Crippen molar-refractivity contribution < 1.29 is 4.39 Å². The van der Waals surface area contributed by atoms with Gasteiger partial charge in [0, 0.05) is 25.7 Å². The zero-order chi connectivity index (χ0) is 17.2. The lowest BCUT2D eigenvalue weighted by molar-refractivity contribution is 0.429. The standard InChI is InChI=1S/C18H21FN6/c1-2-5-13-11-24(9-8-20-13)17-14-10-23-25(18(14)22-12-21-17)16-7-4-3-6-15(16)19/h3-4,6-7,10,12-13,20H,2,5,8-9,11H2,1H3. The van der Waals surface area contributed by atoms with Gasteiger partial charge in [0.2, 0.25) is 0 Å². The highest BCUT2D eigenvalue weighted by molar-refractivity contribution is 5.87. The van der Waals surface area contributed by atoms with Gasteiger partial charge in [0.05, 0.1) is 11.6 Å². The summed E-state index contributed by atoms with van der Waals surface area (Å²) in [6.07, 6.45) is 5.55. The van der Waals surface area contributed by atoms with Crippen LogP contribution in [0, 0.1) is 5.82 Å². The smallest absolute Gasteiger partial charge is 0.168 e. The van der Waals surface area contributed by atoms with Crippen molar-refractivity contribution in [3.63, 3.8) is 0 Å². The summed E-state index contributed by atoms with van der Waals surface area (Å²) in [6.45, 7) is 4.92. The Morgan fingerprint density at radius 1 is 1.28 bits per heavy atom. The van der Waals surface area contributed by atoms with E-state index >= 15 is 0 Å². The first-order chi connectivity index (χ1) is 12.3. The van der Waals surface area contributed by atoms with Gasteiger partial charge in [-0.3, -0.25) is 0 Å². The first-order valence-electron chi connectivity index (χ1n) is 8.70. The number of fused-ring (bicyclic) bond motifs is 1. The first-order valence-corrected chi connectivity index (χ1v) is 8.70. The molecule has 1 aliphatic rings. The number of hydrogen-bond donors (Lipinski definition) is 1. The molecule has 4 rings (SSSR count). The molecule has 0 radical (unpaired) electrons. The summed E-state index contributed by atoms with van der Waals surface area (Å²) in [4.78, 5) is 11.1. The van der Waals surface area contributed by atoms with E-state index in [0.717, 1.165) is 43.7 Å². The zero-order valence-electron chi connectivity index (χ0n) is 14.2. The third-order valence-corrected chi connectivity index (χ3v) is 4.62. The Morgan fingerprint density at radius 3 is 3.00 bits per heavy atom. The highest BCUT2D eigenvalue weighted by Crippen LogP contribution is 2.26. The SMILES string of the molecule is CCCC1CN(c2ncnc3c2cnn3-c2ccccc2F)CCN1. The van der Waals surface area contributed by atoms with E-state index in [4.69, 9.17) is 0 Å². The summed E-state index contributed by atoms with van der Waals surface area (Å²) >= 11 is 0. The van der Waals surface area contributed by atoms with Crippen LogP contribution >= 0.6 is 0 Å². The molecular formula is C18H21FN6. The van der Waals surface area contributed by atoms with Gasteiger partial charge in [0.25, 0.3) is 0 Å². The molecule has 1 unspecified atom stereocenters. The van der Waals surface area contributed by atoms with Gasteiger partial charge in [-0.25, -0.2) is 19.0 Å². The van der Waals surface area contributed by atoms with Crippen LogP contribution in [0.1, 0.15) is 19.8 Å². The number of halogens is 1. The Labute approximate surface area is 145 Å². The molecule has 1 aromatic carbocycles. The average Bonchev–Trinajstić information content (AvgIpc) is 3.07. The molecule has 3 aromatic rings. The van der Waals surface area contributed by atoms with Gasteiger partial charge in [-0.15, -0.1) is 0 Å². The number of nitrogens with one attached hydrogen (secondary N) is 1. The summed E-state index contributed by atoms with van der Waals surface area (Å²) in [6, 6.07) is 7.05. The largest absolute Gasteiger partial charge is 0.353 e. The molecule has 0 spiro atoms. The van der Waals surface area contributed by atoms with E-state index in [1.807, 2.05) is 0 Å². The van der Waals surface area contributed by atoms with Crippen LogP contribution in [-0.4, -0.2) is 45.4 Å². The summed E-state index contributed by atoms with van der Waals surface area (Å²) < 4.78 is 15.7. The van der Waals surface area contributed by atoms with E-state index in [1.165, 1.54) is 12.4 Å². The number of piperazine rings is 1. The van der Waals surface area contributed by atoms with Crippen molar-refractivity contribution in [2.75, 3.05) is 24.5 Å². The predicted octanol–water partition coefficient (Wildman–Crippen LogP) is 2.53. The second-order valence-electron chi connectivity index (χ2n) is 6.33. The van der Waals surface area contributed by atoms with Crippen LogP contribution < -0.4 is 10.2 Å². The van der Waals surface area contributed by atoms with Gasteiger partial charge in [0.15, 0.2) is 5.65 Å². The molecule has 0 bridgehead atoms. The Hall–Kier alpha value is -2.54. The Morgan fingerprint density at radius 2 is 2.16 bits per heavy atom. The fraction of sp³-hybridized carbons (Fsp3) is 0.389. The second-order valence-corrected chi connectivity index (χ2v) is 6.33. The van der Waals surface area contributed by atoms with E-state index in [9.17, 15) is 4.39 Å². The molecule has 1 fully saturated rings. The normalized spacial score (nSPS) is 18.0. The molecule has 3 heterocycles. The van der Waals surface area contributed by atoms with Crippen LogP contribution in [0.25, 0.3) is 16.7 Å². The molecule has 1 atom stereocenters. The molecule has 1 saturated heterocycles. The molecule has 0 saturated carbocycles. The van der Waals surface area contributed by atoms with Crippen molar-refractivity contribution in [2.45, 2.75) is 25.8 Å². The molecule has 2 aromatic heterocycles. The molecule has 25 heavy (non-hydrogen) atoms. The fourth-order valence-electron chi connectivity index (χ4n) is 3.44. The van der Waals surface area contributed by atoms with Gasteiger partial charge in [0.1, 0.15) is 23.6 Å².